The predicted octanol–water partition coefficient (Wildman–Crippen LogP) is 2.26. The second-order valence-electron chi connectivity index (χ2n) is 3.12. The minimum Gasteiger partial charge on any atom is -0.350 e. The lowest BCUT2D eigenvalue weighted by Crippen LogP contribution is -2.32. The van der Waals surface area contributed by atoms with Gasteiger partial charge < -0.3 is 5.32 Å². The molecule has 1 aromatic heterocycles. The fourth-order valence-electron chi connectivity index (χ4n) is 0.959. The van der Waals surface area contributed by atoms with Crippen molar-refractivity contribution in [3.63, 3.8) is 0 Å². The fourth-order valence-corrected chi connectivity index (χ4v) is 1.16. The van der Waals surface area contributed by atoms with Crippen LogP contribution in [0, 0.1) is 0 Å². The van der Waals surface area contributed by atoms with E-state index in [2.05, 4.69) is 10.3 Å². The number of hydrogen-bond donors (Lipinski definition) is 1. The molecule has 1 rings (SSSR count). The number of pyridine rings is 1. The molecule has 1 heterocycles. The summed E-state index contributed by atoms with van der Waals surface area (Å²) in [5.41, 5.74) is 0.425. The van der Waals surface area contributed by atoms with E-state index in [0.717, 1.165) is 6.42 Å². The maximum atomic E-state index is 11.6. The van der Waals surface area contributed by atoms with Gasteiger partial charge in [0.25, 0.3) is 5.91 Å². The van der Waals surface area contributed by atoms with Crippen LogP contribution in [0.15, 0.2) is 18.3 Å². The number of aromatic nitrogens is 1. The first-order valence-corrected chi connectivity index (χ1v) is 4.94. The summed E-state index contributed by atoms with van der Waals surface area (Å²) in [5.74, 6) is -0.169. The fraction of sp³-hybridized carbons (Fsp3) is 0.400. The summed E-state index contributed by atoms with van der Waals surface area (Å²) in [6.45, 7) is 3.96. The van der Waals surface area contributed by atoms with Gasteiger partial charge >= 0.3 is 0 Å². The number of amides is 1. The van der Waals surface area contributed by atoms with Crippen molar-refractivity contribution in [3.8, 4) is 0 Å². The van der Waals surface area contributed by atoms with Gasteiger partial charge in [-0.25, -0.2) is 4.98 Å². The molecular formula is C10H13ClN2O. The highest BCUT2D eigenvalue weighted by molar-refractivity contribution is 6.32. The summed E-state index contributed by atoms with van der Waals surface area (Å²) < 4.78 is 0. The molecular weight excluding hydrogens is 200 g/mol. The Morgan fingerprint density at radius 3 is 3.00 bits per heavy atom. The van der Waals surface area contributed by atoms with Crippen molar-refractivity contribution in [2.45, 2.75) is 26.3 Å². The summed E-state index contributed by atoms with van der Waals surface area (Å²) in [4.78, 5) is 15.4. The lowest BCUT2D eigenvalue weighted by Gasteiger charge is -2.11. The van der Waals surface area contributed by atoms with Crippen molar-refractivity contribution in [2.24, 2.45) is 0 Å². The van der Waals surface area contributed by atoms with E-state index in [1.807, 2.05) is 13.8 Å². The third-order valence-corrected chi connectivity index (χ3v) is 2.29. The number of nitrogens with one attached hydrogen (secondary N) is 1. The molecule has 0 fully saturated rings. The first-order valence-electron chi connectivity index (χ1n) is 4.56. The molecule has 1 atom stereocenters. The topological polar surface area (TPSA) is 42.0 Å². The monoisotopic (exact) mass is 212 g/mol. The Bertz CT molecular complexity index is 328. The largest absolute Gasteiger partial charge is 0.350 e. The molecule has 3 nitrogen and oxygen atoms in total. The summed E-state index contributed by atoms with van der Waals surface area (Å²) in [6, 6.07) is 3.50. The summed E-state index contributed by atoms with van der Waals surface area (Å²) in [6.07, 6.45) is 2.45. The summed E-state index contributed by atoms with van der Waals surface area (Å²) >= 11 is 5.77. The maximum Gasteiger partial charge on any atom is 0.254 e. The van der Waals surface area contributed by atoms with E-state index in [0.29, 0.717) is 5.56 Å². The van der Waals surface area contributed by atoms with E-state index >= 15 is 0 Å². The Hall–Kier alpha value is -1.09. The Morgan fingerprint density at radius 2 is 2.43 bits per heavy atom. The van der Waals surface area contributed by atoms with Gasteiger partial charge in [-0.3, -0.25) is 4.79 Å². The highest BCUT2D eigenvalue weighted by Crippen LogP contribution is 2.11. The molecule has 14 heavy (non-hydrogen) atoms. The van der Waals surface area contributed by atoms with E-state index < -0.39 is 0 Å². The molecule has 0 radical (unpaired) electrons. The van der Waals surface area contributed by atoms with Crippen LogP contribution in [0.3, 0.4) is 0 Å². The lowest BCUT2D eigenvalue weighted by molar-refractivity contribution is 0.0939. The minimum absolute atomic E-state index is 0.152. The van der Waals surface area contributed by atoms with Gasteiger partial charge in [0.05, 0.1) is 5.56 Å². The normalized spacial score (nSPS) is 12.2. The number of halogens is 1. The van der Waals surface area contributed by atoms with Crippen molar-refractivity contribution in [1.29, 1.82) is 0 Å². The number of hydrogen-bond acceptors (Lipinski definition) is 2. The van der Waals surface area contributed by atoms with Gasteiger partial charge in [0.2, 0.25) is 0 Å². The zero-order valence-corrected chi connectivity index (χ0v) is 9.01. The van der Waals surface area contributed by atoms with Gasteiger partial charge in [-0.15, -0.1) is 0 Å². The van der Waals surface area contributed by atoms with Crippen LogP contribution in [0.4, 0.5) is 0 Å². The molecule has 4 heteroatoms. The molecule has 0 aliphatic rings. The summed E-state index contributed by atoms with van der Waals surface area (Å²) in [7, 11) is 0. The Balaban J connectivity index is 2.75. The molecule has 0 aromatic carbocycles. The predicted molar refractivity (Wildman–Crippen MR) is 56.5 cm³/mol. The molecule has 1 N–H and O–H groups in total. The average Bonchev–Trinajstić information content (AvgIpc) is 2.18. The van der Waals surface area contributed by atoms with Crippen molar-refractivity contribution >= 4 is 17.5 Å². The van der Waals surface area contributed by atoms with Gasteiger partial charge in [-0.05, 0) is 25.5 Å². The van der Waals surface area contributed by atoms with Gasteiger partial charge in [0, 0.05) is 12.2 Å². The second kappa shape index (κ2) is 4.96. The molecule has 0 aliphatic heterocycles. The van der Waals surface area contributed by atoms with Crippen LogP contribution in [0.5, 0.6) is 0 Å². The smallest absolute Gasteiger partial charge is 0.254 e. The maximum absolute atomic E-state index is 11.6. The highest BCUT2D eigenvalue weighted by atomic mass is 35.5. The summed E-state index contributed by atoms with van der Waals surface area (Å²) in [5, 5.41) is 3.07. The third kappa shape index (κ3) is 2.70. The number of rotatable bonds is 3. The van der Waals surface area contributed by atoms with E-state index in [1.54, 1.807) is 18.3 Å². The molecule has 0 spiro atoms. The number of carbonyl (C=O) groups excluding carboxylic acids is 1. The van der Waals surface area contributed by atoms with Crippen LogP contribution in [0.2, 0.25) is 5.15 Å². The average molecular weight is 213 g/mol. The van der Waals surface area contributed by atoms with E-state index in [4.69, 9.17) is 11.6 Å². The van der Waals surface area contributed by atoms with Gasteiger partial charge in [-0.1, -0.05) is 18.5 Å². The van der Waals surface area contributed by atoms with Crippen molar-refractivity contribution in [2.75, 3.05) is 0 Å². The number of nitrogens with zero attached hydrogens (tertiary/aromatic N) is 1. The van der Waals surface area contributed by atoms with Crippen LogP contribution in [0.1, 0.15) is 30.6 Å². The number of carbonyl (C=O) groups is 1. The lowest BCUT2D eigenvalue weighted by atomic mass is 10.2. The SMILES string of the molecule is CCC(C)NC(=O)c1cccnc1Cl. The van der Waals surface area contributed by atoms with Crippen LogP contribution in [-0.4, -0.2) is 16.9 Å². The van der Waals surface area contributed by atoms with Gasteiger partial charge in [0.1, 0.15) is 5.15 Å². The van der Waals surface area contributed by atoms with Crippen molar-refractivity contribution in [1.82, 2.24) is 10.3 Å². The first kappa shape index (κ1) is 11.0. The quantitative estimate of drug-likeness (QED) is 0.781. The molecule has 76 valence electrons. The van der Waals surface area contributed by atoms with Crippen molar-refractivity contribution in [3.05, 3.63) is 29.0 Å². The zero-order chi connectivity index (χ0) is 10.6. The van der Waals surface area contributed by atoms with E-state index in [-0.39, 0.29) is 17.1 Å². The molecule has 0 saturated carbocycles. The third-order valence-electron chi connectivity index (χ3n) is 1.99. The van der Waals surface area contributed by atoms with E-state index in [9.17, 15) is 4.79 Å². The molecule has 1 aromatic rings. The highest BCUT2D eigenvalue weighted by Gasteiger charge is 2.11. The van der Waals surface area contributed by atoms with Crippen LogP contribution >= 0.6 is 11.6 Å². The minimum atomic E-state index is -0.169. The van der Waals surface area contributed by atoms with Crippen molar-refractivity contribution < 1.29 is 4.79 Å². The molecule has 0 bridgehead atoms. The Morgan fingerprint density at radius 1 is 1.71 bits per heavy atom. The Kier molecular flexibility index (Phi) is 3.89. The molecule has 0 saturated heterocycles. The van der Waals surface area contributed by atoms with Crippen LogP contribution in [0.25, 0.3) is 0 Å². The van der Waals surface area contributed by atoms with E-state index in [1.165, 1.54) is 0 Å². The van der Waals surface area contributed by atoms with Gasteiger partial charge in [-0.2, -0.15) is 0 Å². The molecule has 0 aliphatic carbocycles. The first-order chi connectivity index (χ1) is 6.65. The van der Waals surface area contributed by atoms with Crippen LogP contribution < -0.4 is 5.32 Å². The standard InChI is InChI=1S/C10H13ClN2O/c1-3-7(2)13-10(14)8-5-4-6-12-9(8)11/h4-7H,3H2,1-2H3,(H,13,14). The zero-order valence-electron chi connectivity index (χ0n) is 8.25. The Labute approximate surface area is 88.5 Å². The molecule has 1 amide bonds. The second-order valence-corrected chi connectivity index (χ2v) is 3.48. The van der Waals surface area contributed by atoms with Crippen LogP contribution in [-0.2, 0) is 0 Å². The van der Waals surface area contributed by atoms with Gasteiger partial charge in [0.15, 0.2) is 0 Å². The molecule has 1 unspecified atom stereocenters.